The molecule has 0 unspecified atom stereocenters. The molecule has 0 saturated carbocycles. The summed E-state index contributed by atoms with van der Waals surface area (Å²) < 4.78 is 5.22. The average molecular weight is 312 g/mol. The quantitative estimate of drug-likeness (QED) is 0.790. The van der Waals surface area contributed by atoms with Crippen LogP contribution in [0, 0.1) is 13.8 Å². The Balaban J connectivity index is 1.89. The molecule has 3 rings (SSSR count). The Morgan fingerprint density at radius 2 is 2.00 bits per heavy atom. The van der Waals surface area contributed by atoms with Gasteiger partial charge in [-0.2, -0.15) is 0 Å². The number of rotatable bonds is 4. The van der Waals surface area contributed by atoms with Crippen molar-refractivity contribution in [2.45, 2.75) is 13.8 Å². The third kappa shape index (κ3) is 3.07. The number of anilines is 2. The van der Waals surface area contributed by atoms with E-state index in [-0.39, 0.29) is 0 Å². The van der Waals surface area contributed by atoms with Crippen LogP contribution in [0.1, 0.15) is 10.7 Å². The van der Waals surface area contributed by atoms with Gasteiger partial charge in [0.15, 0.2) is 0 Å². The van der Waals surface area contributed by atoms with Crippen molar-refractivity contribution in [3.05, 3.63) is 47.2 Å². The number of benzene rings is 1. The van der Waals surface area contributed by atoms with Crippen LogP contribution in [-0.4, -0.2) is 22.1 Å². The number of aryl methyl sites for hydroxylation is 2. The van der Waals surface area contributed by atoms with E-state index < -0.39 is 0 Å². The topological polar surface area (TPSA) is 59.9 Å². The smallest absolute Gasteiger partial charge is 0.227 e. The van der Waals surface area contributed by atoms with Crippen LogP contribution in [0.3, 0.4) is 0 Å². The Kier molecular flexibility index (Phi) is 4.02. The summed E-state index contributed by atoms with van der Waals surface area (Å²) in [4.78, 5) is 14.4. The van der Waals surface area contributed by atoms with Gasteiger partial charge in [0.05, 0.1) is 28.4 Å². The number of hydrogen-bond acceptors (Lipinski definition) is 6. The lowest BCUT2D eigenvalue weighted by Crippen LogP contribution is -1.98. The number of hydrogen-bond donors (Lipinski definition) is 1. The second-order valence-corrected chi connectivity index (χ2v) is 5.97. The van der Waals surface area contributed by atoms with Gasteiger partial charge >= 0.3 is 0 Å². The third-order valence-electron chi connectivity index (χ3n) is 3.12. The Labute approximate surface area is 133 Å². The molecule has 0 radical (unpaired) electrons. The maximum absolute atomic E-state index is 5.22. The summed E-state index contributed by atoms with van der Waals surface area (Å²) in [5, 5.41) is 4.23. The van der Waals surface area contributed by atoms with Gasteiger partial charge in [-0.15, -0.1) is 11.3 Å². The molecule has 0 saturated heterocycles. The molecule has 1 aromatic carbocycles. The van der Waals surface area contributed by atoms with Crippen molar-refractivity contribution in [1.82, 2.24) is 15.0 Å². The highest BCUT2D eigenvalue weighted by Crippen LogP contribution is 2.29. The highest BCUT2D eigenvalue weighted by Gasteiger charge is 2.10. The minimum atomic E-state index is 0.552. The second kappa shape index (κ2) is 6.11. The van der Waals surface area contributed by atoms with Gasteiger partial charge in [0.1, 0.15) is 5.75 Å². The number of ether oxygens (including phenoxy) is 1. The fraction of sp³-hybridized carbons (Fsp3) is 0.188. The van der Waals surface area contributed by atoms with E-state index in [1.165, 1.54) is 0 Å². The lowest BCUT2D eigenvalue weighted by atomic mass is 10.3. The molecule has 2 heterocycles. The maximum Gasteiger partial charge on any atom is 0.227 e. The number of nitrogens with one attached hydrogen (secondary N) is 1. The summed E-state index contributed by atoms with van der Waals surface area (Å²) >= 11 is 1.64. The molecule has 22 heavy (non-hydrogen) atoms. The van der Waals surface area contributed by atoms with Gasteiger partial charge in [-0.1, -0.05) is 6.07 Å². The number of nitrogens with zero attached hydrogens (tertiary/aromatic N) is 3. The molecule has 0 aliphatic carbocycles. The molecular formula is C16H16N4OS. The van der Waals surface area contributed by atoms with Crippen molar-refractivity contribution in [2.24, 2.45) is 0 Å². The first-order valence-corrected chi connectivity index (χ1v) is 7.66. The van der Waals surface area contributed by atoms with E-state index >= 15 is 0 Å². The van der Waals surface area contributed by atoms with Crippen molar-refractivity contribution < 1.29 is 4.74 Å². The van der Waals surface area contributed by atoms with Gasteiger partial charge < -0.3 is 10.1 Å². The number of thiazole rings is 1. The molecular weight excluding hydrogens is 296 g/mol. The Morgan fingerprint density at radius 1 is 1.14 bits per heavy atom. The van der Waals surface area contributed by atoms with E-state index in [4.69, 9.17) is 4.74 Å². The van der Waals surface area contributed by atoms with Crippen molar-refractivity contribution in [2.75, 3.05) is 12.4 Å². The van der Waals surface area contributed by atoms with E-state index in [0.717, 1.165) is 32.7 Å². The van der Waals surface area contributed by atoms with Crippen LogP contribution < -0.4 is 10.1 Å². The Bertz CT molecular complexity index is 800. The molecule has 0 aliphatic heterocycles. The number of aromatic nitrogens is 3. The molecule has 1 N–H and O–H groups in total. The van der Waals surface area contributed by atoms with Crippen LogP contribution in [0.25, 0.3) is 10.6 Å². The molecule has 0 aliphatic rings. The van der Waals surface area contributed by atoms with Gasteiger partial charge in [-0.05, 0) is 32.0 Å². The zero-order valence-electron chi connectivity index (χ0n) is 12.6. The molecule has 0 spiro atoms. The van der Waals surface area contributed by atoms with Crippen LogP contribution in [-0.2, 0) is 0 Å². The zero-order chi connectivity index (χ0) is 15.5. The summed E-state index contributed by atoms with van der Waals surface area (Å²) in [6.07, 6.45) is 1.75. The predicted octanol–water partition coefficient (Wildman–Crippen LogP) is 3.97. The molecule has 0 fully saturated rings. The zero-order valence-corrected chi connectivity index (χ0v) is 13.4. The fourth-order valence-electron chi connectivity index (χ4n) is 2.14. The van der Waals surface area contributed by atoms with Crippen LogP contribution >= 0.6 is 11.3 Å². The number of methoxy groups -OCH3 is 1. The van der Waals surface area contributed by atoms with Crippen LogP contribution in [0.2, 0.25) is 0 Å². The van der Waals surface area contributed by atoms with E-state index in [0.29, 0.717) is 5.95 Å². The molecule has 0 atom stereocenters. The minimum Gasteiger partial charge on any atom is -0.497 e. The summed E-state index contributed by atoms with van der Waals surface area (Å²) in [5.41, 5.74) is 2.76. The first-order chi connectivity index (χ1) is 10.7. The van der Waals surface area contributed by atoms with Crippen LogP contribution in [0.15, 0.2) is 36.5 Å². The van der Waals surface area contributed by atoms with Gasteiger partial charge in [-0.3, -0.25) is 0 Å². The molecule has 112 valence electrons. The maximum atomic E-state index is 5.22. The normalized spacial score (nSPS) is 10.5. The summed E-state index contributed by atoms with van der Waals surface area (Å²) in [6, 6.07) is 9.56. The minimum absolute atomic E-state index is 0.552. The predicted molar refractivity (Wildman–Crippen MR) is 88.9 cm³/mol. The first kappa shape index (κ1) is 14.5. The molecule has 0 amide bonds. The molecule has 5 nitrogen and oxygen atoms in total. The van der Waals surface area contributed by atoms with E-state index in [1.807, 2.05) is 44.2 Å². The van der Waals surface area contributed by atoms with Crippen molar-refractivity contribution in [1.29, 1.82) is 0 Å². The van der Waals surface area contributed by atoms with E-state index in [9.17, 15) is 0 Å². The van der Waals surface area contributed by atoms with E-state index in [2.05, 4.69) is 20.3 Å². The average Bonchev–Trinajstić information content (AvgIpc) is 2.86. The van der Waals surface area contributed by atoms with Crippen molar-refractivity contribution in [3.8, 4) is 16.3 Å². The lowest BCUT2D eigenvalue weighted by Gasteiger charge is -2.07. The van der Waals surface area contributed by atoms with Gasteiger partial charge in [0, 0.05) is 18.0 Å². The summed E-state index contributed by atoms with van der Waals surface area (Å²) in [7, 11) is 1.64. The highest BCUT2D eigenvalue weighted by molar-refractivity contribution is 7.15. The molecule has 0 bridgehead atoms. The first-order valence-electron chi connectivity index (χ1n) is 6.84. The Morgan fingerprint density at radius 3 is 2.73 bits per heavy atom. The fourth-order valence-corrected chi connectivity index (χ4v) is 3.03. The van der Waals surface area contributed by atoms with Gasteiger partial charge in [0.2, 0.25) is 5.95 Å². The molecule has 6 heteroatoms. The van der Waals surface area contributed by atoms with Crippen LogP contribution in [0.5, 0.6) is 5.75 Å². The third-order valence-corrected chi connectivity index (χ3v) is 4.21. The molecule has 2 aromatic heterocycles. The SMILES string of the molecule is COc1cccc(Nc2nccc(-c3sc(C)nc3C)n2)c1. The highest BCUT2D eigenvalue weighted by atomic mass is 32.1. The lowest BCUT2D eigenvalue weighted by molar-refractivity contribution is 0.415. The standard InChI is InChI=1S/C16H16N4OS/c1-10-15(22-11(2)18-10)14-7-8-17-16(20-14)19-12-5-4-6-13(9-12)21-3/h4-9H,1-3H3,(H,17,19,20). The Hall–Kier alpha value is -2.47. The van der Waals surface area contributed by atoms with Gasteiger partial charge in [0.25, 0.3) is 0 Å². The van der Waals surface area contributed by atoms with Crippen LogP contribution in [0.4, 0.5) is 11.6 Å². The van der Waals surface area contributed by atoms with Gasteiger partial charge in [-0.25, -0.2) is 15.0 Å². The largest absolute Gasteiger partial charge is 0.497 e. The van der Waals surface area contributed by atoms with E-state index in [1.54, 1.807) is 24.6 Å². The second-order valence-electron chi connectivity index (χ2n) is 4.77. The van der Waals surface area contributed by atoms with Crippen molar-refractivity contribution >= 4 is 23.0 Å². The summed E-state index contributed by atoms with van der Waals surface area (Å²) in [6.45, 7) is 3.99. The molecule has 3 aromatic rings. The summed E-state index contributed by atoms with van der Waals surface area (Å²) in [5.74, 6) is 1.34. The monoisotopic (exact) mass is 312 g/mol. The van der Waals surface area contributed by atoms with Crippen molar-refractivity contribution in [3.63, 3.8) is 0 Å².